The highest BCUT2D eigenvalue weighted by atomic mass is 32.2. The minimum Gasteiger partial charge on any atom is -0.250 e. The summed E-state index contributed by atoms with van der Waals surface area (Å²) in [5.41, 5.74) is 3.15. The number of aromatic nitrogens is 3. The van der Waals surface area contributed by atoms with E-state index in [1.807, 2.05) is 43.3 Å². The third-order valence-corrected chi connectivity index (χ3v) is 4.48. The summed E-state index contributed by atoms with van der Waals surface area (Å²) in [4.78, 5) is 1.22. The predicted octanol–water partition coefficient (Wildman–Crippen LogP) is 4.52. The zero-order chi connectivity index (χ0) is 16.2. The highest BCUT2D eigenvalue weighted by Crippen LogP contribution is 2.21. The number of hydrogen-bond donors (Lipinski definition) is 1. The van der Waals surface area contributed by atoms with Gasteiger partial charge < -0.3 is 0 Å². The highest BCUT2D eigenvalue weighted by molar-refractivity contribution is 7.98. The first-order valence-corrected chi connectivity index (χ1v) is 8.74. The van der Waals surface area contributed by atoms with Gasteiger partial charge in [-0.3, -0.25) is 0 Å². The first kappa shape index (κ1) is 15.7. The Morgan fingerprint density at radius 3 is 2.61 bits per heavy atom. The lowest BCUT2D eigenvalue weighted by molar-refractivity contribution is 0.870. The number of thioether (sulfide) groups is 1. The van der Waals surface area contributed by atoms with Crippen molar-refractivity contribution in [3.63, 3.8) is 0 Å². The maximum atomic E-state index is 5.30. The molecule has 0 unspecified atom stereocenters. The number of aromatic amines is 1. The summed E-state index contributed by atoms with van der Waals surface area (Å²) in [5, 5.41) is 11.6. The minimum absolute atomic E-state index is 0.472. The van der Waals surface area contributed by atoms with Gasteiger partial charge in [-0.15, -0.1) is 11.8 Å². The molecular formula is C17H16N4S2. The Morgan fingerprint density at radius 1 is 1.17 bits per heavy atom. The third-order valence-electron chi connectivity index (χ3n) is 3.47. The second-order valence-corrected chi connectivity index (χ2v) is 6.26. The topological polar surface area (TPSA) is 46.0 Å². The van der Waals surface area contributed by atoms with Crippen LogP contribution in [-0.4, -0.2) is 27.3 Å². The van der Waals surface area contributed by atoms with E-state index in [2.05, 4.69) is 33.7 Å². The van der Waals surface area contributed by atoms with Gasteiger partial charge in [0.1, 0.15) is 0 Å². The fourth-order valence-corrected chi connectivity index (χ4v) is 2.80. The minimum atomic E-state index is 0.472. The van der Waals surface area contributed by atoms with Crippen molar-refractivity contribution in [1.29, 1.82) is 0 Å². The van der Waals surface area contributed by atoms with E-state index < -0.39 is 0 Å². The van der Waals surface area contributed by atoms with Crippen LogP contribution in [0.5, 0.6) is 0 Å². The van der Waals surface area contributed by atoms with Gasteiger partial charge in [0.05, 0.1) is 6.21 Å². The van der Waals surface area contributed by atoms with E-state index in [4.69, 9.17) is 12.2 Å². The normalized spacial score (nSPS) is 11.2. The van der Waals surface area contributed by atoms with Crippen LogP contribution in [0, 0.1) is 11.7 Å². The molecule has 0 radical (unpaired) electrons. The molecule has 3 aromatic rings. The molecule has 0 bridgehead atoms. The Bertz CT molecular complexity index is 891. The molecule has 4 nitrogen and oxygen atoms in total. The molecule has 0 saturated carbocycles. The van der Waals surface area contributed by atoms with Crippen molar-refractivity contribution in [3.8, 4) is 11.4 Å². The molecule has 1 N–H and O–H groups in total. The fourth-order valence-electron chi connectivity index (χ4n) is 2.21. The van der Waals surface area contributed by atoms with Gasteiger partial charge in [0.15, 0.2) is 5.82 Å². The number of H-pyrrole nitrogens is 1. The van der Waals surface area contributed by atoms with E-state index in [9.17, 15) is 0 Å². The van der Waals surface area contributed by atoms with Crippen molar-refractivity contribution < 1.29 is 0 Å². The predicted molar refractivity (Wildman–Crippen MR) is 98.8 cm³/mol. The van der Waals surface area contributed by atoms with Gasteiger partial charge in [-0.05, 0) is 48.7 Å². The maximum absolute atomic E-state index is 5.30. The van der Waals surface area contributed by atoms with Crippen LogP contribution in [-0.2, 0) is 0 Å². The van der Waals surface area contributed by atoms with Crippen molar-refractivity contribution in [2.45, 2.75) is 11.8 Å². The van der Waals surface area contributed by atoms with E-state index >= 15 is 0 Å². The Morgan fingerprint density at radius 2 is 1.91 bits per heavy atom. The van der Waals surface area contributed by atoms with Crippen LogP contribution in [0.4, 0.5) is 0 Å². The molecule has 6 heteroatoms. The van der Waals surface area contributed by atoms with Crippen LogP contribution in [0.2, 0.25) is 0 Å². The van der Waals surface area contributed by atoms with Crippen LogP contribution in [0.15, 0.2) is 58.5 Å². The van der Waals surface area contributed by atoms with Gasteiger partial charge in [-0.1, -0.05) is 36.4 Å². The summed E-state index contributed by atoms with van der Waals surface area (Å²) in [6, 6.07) is 16.3. The maximum Gasteiger partial charge on any atom is 0.216 e. The van der Waals surface area contributed by atoms with E-state index in [0.717, 1.165) is 16.7 Å². The van der Waals surface area contributed by atoms with Crippen molar-refractivity contribution >= 4 is 30.2 Å². The lowest BCUT2D eigenvalue weighted by Crippen LogP contribution is -1.96. The molecule has 0 fully saturated rings. The Balaban J connectivity index is 1.97. The Hall–Kier alpha value is -2.18. The first-order valence-electron chi connectivity index (χ1n) is 7.11. The van der Waals surface area contributed by atoms with Crippen LogP contribution in [0.1, 0.15) is 11.1 Å². The largest absolute Gasteiger partial charge is 0.250 e. The number of nitrogens with one attached hydrogen (secondary N) is 1. The van der Waals surface area contributed by atoms with Crippen molar-refractivity contribution in [2.24, 2.45) is 5.10 Å². The van der Waals surface area contributed by atoms with Crippen molar-refractivity contribution in [2.75, 3.05) is 6.26 Å². The number of rotatable bonds is 4. The average molecular weight is 340 g/mol. The molecule has 1 aromatic heterocycles. The summed E-state index contributed by atoms with van der Waals surface area (Å²) >= 11 is 7.01. The lowest BCUT2D eigenvalue weighted by atomic mass is 10.1. The summed E-state index contributed by atoms with van der Waals surface area (Å²) in [5.74, 6) is 0.713. The van der Waals surface area contributed by atoms with E-state index in [1.54, 1.807) is 22.7 Å². The molecule has 116 valence electrons. The van der Waals surface area contributed by atoms with E-state index in [-0.39, 0.29) is 0 Å². The Kier molecular flexibility index (Phi) is 4.73. The molecule has 1 heterocycles. The molecule has 0 aliphatic heterocycles. The highest BCUT2D eigenvalue weighted by Gasteiger charge is 2.09. The van der Waals surface area contributed by atoms with Gasteiger partial charge in [-0.25, -0.2) is 5.10 Å². The van der Waals surface area contributed by atoms with E-state index in [1.165, 1.54) is 4.90 Å². The first-order chi connectivity index (χ1) is 11.2. The average Bonchev–Trinajstić information content (AvgIpc) is 2.94. The quantitative estimate of drug-likeness (QED) is 0.431. The summed E-state index contributed by atoms with van der Waals surface area (Å²) < 4.78 is 2.13. The summed E-state index contributed by atoms with van der Waals surface area (Å²) in [6.07, 6.45) is 3.85. The van der Waals surface area contributed by atoms with Crippen LogP contribution >= 0.6 is 24.0 Å². The van der Waals surface area contributed by atoms with Gasteiger partial charge in [0.25, 0.3) is 0 Å². The van der Waals surface area contributed by atoms with Crippen LogP contribution < -0.4 is 0 Å². The van der Waals surface area contributed by atoms with Crippen molar-refractivity contribution in [3.05, 3.63) is 64.4 Å². The molecule has 0 amide bonds. The van der Waals surface area contributed by atoms with Gasteiger partial charge in [-0.2, -0.15) is 14.9 Å². The number of nitrogens with zero attached hydrogens (tertiary/aromatic N) is 3. The van der Waals surface area contributed by atoms with Crippen molar-refractivity contribution in [1.82, 2.24) is 14.9 Å². The van der Waals surface area contributed by atoms with E-state index in [0.29, 0.717) is 10.6 Å². The lowest BCUT2D eigenvalue weighted by Gasteiger charge is -2.04. The molecule has 0 aliphatic carbocycles. The van der Waals surface area contributed by atoms with Gasteiger partial charge in [0, 0.05) is 10.5 Å². The monoisotopic (exact) mass is 340 g/mol. The molecule has 0 spiro atoms. The number of hydrogen-bond acceptors (Lipinski definition) is 4. The molecule has 0 saturated heterocycles. The molecular weight excluding hydrogens is 324 g/mol. The smallest absolute Gasteiger partial charge is 0.216 e. The second-order valence-electron chi connectivity index (χ2n) is 5.00. The second kappa shape index (κ2) is 6.93. The molecule has 0 aliphatic rings. The third kappa shape index (κ3) is 3.43. The fraction of sp³-hybridized carbons (Fsp3) is 0.118. The molecule has 0 atom stereocenters. The molecule has 3 rings (SSSR count). The summed E-state index contributed by atoms with van der Waals surface area (Å²) in [6.45, 7) is 2.04. The standard InChI is InChI=1S/C17H16N4S2/c1-12-5-3-4-6-15(12)16-19-20-17(22)21(16)18-11-13-7-9-14(23-2)10-8-13/h3-11H,1-2H3,(H,20,22)/b18-11+. The molecule has 2 aromatic carbocycles. The SMILES string of the molecule is CSc1ccc(/C=N/n2c(-c3ccccc3C)n[nH]c2=S)cc1. The summed E-state index contributed by atoms with van der Waals surface area (Å²) in [7, 11) is 0. The van der Waals surface area contributed by atoms with Gasteiger partial charge in [0.2, 0.25) is 4.77 Å². The Labute approximate surface area is 144 Å². The zero-order valence-corrected chi connectivity index (χ0v) is 14.5. The zero-order valence-electron chi connectivity index (χ0n) is 12.9. The van der Waals surface area contributed by atoms with Crippen LogP contribution in [0.3, 0.4) is 0 Å². The van der Waals surface area contributed by atoms with Gasteiger partial charge >= 0.3 is 0 Å². The number of aryl methyl sites for hydroxylation is 1. The van der Waals surface area contributed by atoms with Crippen LogP contribution in [0.25, 0.3) is 11.4 Å². The molecule has 23 heavy (non-hydrogen) atoms. The number of benzene rings is 2.